The third kappa shape index (κ3) is 4.25. The van der Waals surface area contributed by atoms with Gasteiger partial charge < -0.3 is 10.6 Å². The number of carbonyl (C=O) groups is 2. The molecule has 0 aliphatic rings. The van der Waals surface area contributed by atoms with Crippen LogP contribution in [0.2, 0.25) is 0 Å². The Hall–Kier alpha value is -2.03. The second-order valence-electron chi connectivity index (χ2n) is 4.70. The zero-order chi connectivity index (χ0) is 17.0. The first-order chi connectivity index (χ1) is 10.9. The van der Waals surface area contributed by atoms with Crippen molar-refractivity contribution in [1.82, 2.24) is 10.6 Å². The van der Waals surface area contributed by atoms with Crippen LogP contribution in [0.5, 0.6) is 0 Å². The molecule has 1 unspecified atom stereocenters. The molecular formula is C16H13F2IN2O2. The monoisotopic (exact) mass is 430 g/mol. The zero-order valence-electron chi connectivity index (χ0n) is 12.1. The van der Waals surface area contributed by atoms with Crippen LogP contribution < -0.4 is 10.6 Å². The molecule has 0 aliphatic carbocycles. The predicted molar refractivity (Wildman–Crippen MR) is 89.8 cm³/mol. The average Bonchev–Trinajstić information content (AvgIpc) is 2.54. The van der Waals surface area contributed by atoms with E-state index in [0.717, 1.165) is 15.7 Å². The molecule has 4 nitrogen and oxygen atoms in total. The Balaban J connectivity index is 2.30. The molecule has 0 radical (unpaired) electrons. The normalized spacial score (nSPS) is 11.7. The van der Waals surface area contributed by atoms with Gasteiger partial charge in [-0.1, -0.05) is 12.1 Å². The van der Waals surface area contributed by atoms with Gasteiger partial charge in [0.05, 0.1) is 0 Å². The molecule has 23 heavy (non-hydrogen) atoms. The van der Waals surface area contributed by atoms with E-state index in [9.17, 15) is 18.4 Å². The van der Waals surface area contributed by atoms with Crippen molar-refractivity contribution in [3.63, 3.8) is 0 Å². The van der Waals surface area contributed by atoms with Gasteiger partial charge in [-0.15, -0.1) is 0 Å². The molecule has 0 fully saturated rings. The minimum atomic E-state index is -1.12. The first kappa shape index (κ1) is 17.3. The van der Waals surface area contributed by atoms with Crippen LogP contribution in [0, 0.1) is 15.2 Å². The van der Waals surface area contributed by atoms with Gasteiger partial charge in [-0.05, 0) is 58.5 Å². The number of hydrogen-bond acceptors (Lipinski definition) is 2. The highest BCUT2D eigenvalue weighted by molar-refractivity contribution is 14.1. The third-order valence-electron chi connectivity index (χ3n) is 3.15. The molecule has 0 saturated carbocycles. The molecule has 2 amide bonds. The molecule has 0 bridgehead atoms. The molecule has 0 aromatic heterocycles. The Labute approximate surface area is 145 Å². The molecule has 0 aliphatic heterocycles. The van der Waals surface area contributed by atoms with E-state index in [1.54, 1.807) is 18.2 Å². The van der Waals surface area contributed by atoms with Crippen LogP contribution >= 0.6 is 22.6 Å². The Morgan fingerprint density at radius 1 is 1.09 bits per heavy atom. The number of likely N-dealkylation sites (N-methyl/N-ethyl adjacent to an activating group) is 1. The van der Waals surface area contributed by atoms with Crippen LogP contribution in [-0.4, -0.2) is 18.9 Å². The first-order valence-corrected chi connectivity index (χ1v) is 7.73. The summed E-state index contributed by atoms with van der Waals surface area (Å²) in [5.41, 5.74) is 0.524. The molecule has 2 aromatic carbocycles. The highest BCUT2D eigenvalue weighted by Crippen LogP contribution is 2.18. The minimum absolute atomic E-state index is 0.155. The highest BCUT2D eigenvalue weighted by atomic mass is 127. The summed E-state index contributed by atoms with van der Waals surface area (Å²) in [7, 11) is 1.40. The van der Waals surface area contributed by atoms with Gasteiger partial charge in [-0.25, -0.2) is 8.78 Å². The number of benzene rings is 2. The largest absolute Gasteiger partial charge is 0.357 e. The SMILES string of the molecule is CNC(=O)C(NC(=O)c1cccc(I)c1)c1ccc(F)c(F)c1. The molecule has 2 N–H and O–H groups in total. The van der Waals surface area contributed by atoms with Crippen LogP contribution in [0.15, 0.2) is 42.5 Å². The average molecular weight is 430 g/mol. The lowest BCUT2D eigenvalue weighted by Gasteiger charge is -2.18. The lowest BCUT2D eigenvalue weighted by atomic mass is 10.0. The number of nitrogens with one attached hydrogen (secondary N) is 2. The Morgan fingerprint density at radius 2 is 1.83 bits per heavy atom. The van der Waals surface area contributed by atoms with Crippen LogP contribution in [-0.2, 0) is 4.79 Å². The fraction of sp³-hybridized carbons (Fsp3) is 0.125. The number of rotatable bonds is 4. The molecular weight excluding hydrogens is 417 g/mol. The molecule has 120 valence electrons. The molecule has 0 heterocycles. The smallest absolute Gasteiger partial charge is 0.252 e. The fourth-order valence-corrected chi connectivity index (χ4v) is 2.52. The maximum absolute atomic E-state index is 13.4. The summed E-state index contributed by atoms with van der Waals surface area (Å²) in [4.78, 5) is 24.3. The lowest BCUT2D eigenvalue weighted by molar-refractivity contribution is -0.122. The molecule has 2 aromatic rings. The van der Waals surface area contributed by atoms with E-state index in [0.29, 0.717) is 5.56 Å². The molecule has 2 rings (SSSR count). The van der Waals surface area contributed by atoms with Crippen molar-refractivity contribution in [3.8, 4) is 0 Å². The summed E-state index contributed by atoms with van der Waals surface area (Å²) >= 11 is 2.06. The van der Waals surface area contributed by atoms with Gasteiger partial charge in [-0.3, -0.25) is 9.59 Å². The van der Waals surface area contributed by atoms with Gasteiger partial charge >= 0.3 is 0 Å². The van der Waals surface area contributed by atoms with E-state index in [1.165, 1.54) is 13.1 Å². The molecule has 0 spiro atoms. The number of amides is 2. The summed E-state index contributed by atoms with van der Waals surface area (Å²) in [5, 5.41) is 4.93. The zero-order valence-corrected chi connectivity index (χ0v) is 14.2. The van der Waals surface area contributed by atoms with E-state index >= 15 is 0 Å². The Kier molecular flexibility index (Phi) is 5.64. The van der Waals surface area contributed by atoms with E-state index < -0.39 is 29.5 Å². The van der Waals surface area contributed by atoms with Crippen molar-refractivity contribution >= 4 is 34.4 Å². The van der Waals surface area contributed by atoms with Crippen LogP contribution in [0.4, 0.5) is 8.78 Å². The van der Waals surface area contributed by atoms with E-state index in [4.69, 9.17) is 0 Å². The van der Waals surface area contributed by atoms with Crippen molar-refractivity contribution in [3.05, 3.63) is 68.8 Å². The quantitative estimate of drug-likeness (QED) is 0.734. The summed E-state index contributed by atoms with van der Waals surface area (Å²) in [6.45, 7) is 0. The lowest BCUT2D eigenvalue weighted by Crippen LogP contribution is -2.39. The standard InChI is InChI=1S/C16H13F2IN2O2/c1-20-16(23)14(9-5-6-12(17)13(18)8-9)21-15(22)10-3-2-4-11(19)7-10/h2-8,14H,1H3,(H,20,23)(H,21,22). The van der Waals surface area contributed by atoms with Gasteiger partial charge in [0.1, 0.15) is 6.04 Å². The summed E-state index contributed by atoms with van der Waals surface area (Å²) in [5.74, 6) is -3.12. The van der Waals surface area contributed by atoms with Crippen molar-refractivity contribution in [2.75, 3.05) is 7.05 Å². The first-order valence-electron chi connectivity index (χ1n) is 6.65. The Morgan fingerprint density at radius 3 is 2.43 bits per heavy atom. The van der Waals surface area contributed by atoms with Crippen molar-refractivity contribution < 1.29 is 18.4 Å². The molecule has 1 atom stereocenters. The second kappa shape index (κ2) is 7.49. The van der Waals surface area contributed by atoms with E-state index in [1.807, 2.05) is 6.07 Å². The number of carbonyl (C=O) groups excluding carboxylic acids is 2. The minimum Gasteiger partial charge on any atom is -0.357 e. The van der Waals surface area contributed by atoms with E-state index in [2.05, 4.69) is 33.2 Å². The third-order valence-corrected chi connectivity index (χ3v) is 3.82. The second-order valence-corrected chi connectivity index (χ2v) is 5.95. The molecule has 0 saturated heterocycles. The van der Waals surface area contributed by atoms with E-state index in [-0.39, 0.29) is 5.56 Å². The van der Waals surface area contributed by atoms with Crippen LogP contribution in [0.1, 0.15) is 22.0 Å². The topological polar surface area (TPSA) is 58.2 Å². The van der Waals surface area contributed by atoms with Gasteiger partial charge in [0.15, 0.2) is 11.6 Å². The van der Waals surface area contributed by atoms with Crippen molar-refractivity contribution in [2.24, 2.45) is 0 Å². The summed E-state index contributed by atoms with van der Waals surface area (Å²) in [6, 6.07) is 8.73. The van der Waals surface area contributed by atoms with Crippen molar-refractivity contribution in [2.45, 2.75) is 6.04 Å². The molecule has 7 heteroatoms. The number of halogens is 3. The summed E-state index contributed by atoms with van der Waals surface area (Å²) < 4.78 is 27.3. The van der Waals surface area contributed by atoms with Crippen LogP contribution in [0.3, 0.4) is 0 Å². The maximum Gasteiger partial charge on any atom is 0.252 e. The van der Waals surface area contributed by atoms with Crippen molar-refractivity contribution in [1.29, 1.82) is 0 Å². The highest BCUT2D eigenvalue weighted by Gasteiger charge is 2.23. The van der Waals surface area contributed by atoms with Gasteiger partial charge in [0.25, 0.3) is 5.91 Å². The summed E-state index contributed by atoms with van der Waals surface area (Å²) in [6.07, 6.45) is 0. The van der Waals surface area contributed by atoms with Gasteiger partial charge in [0.2, 0.25) is 5.91 Å². The van der Waals surface area contributed by atoms with Crippen LogP contribution in [0.25, 0.3) is 0 Å². The van der Waals surface area contributed by atoms with Gasteiger partial charge in [-0.2, -0.15) is 0 Å². The predicted octanol–water partition coefficient (Wildman–Crippen LogP) is 2.79. The fourth-order valence-electron chi connectivity index (χ4n) is 1.98. The number of hydrogen-bond donors (Lipinski definition) is 2. The maximum atomic E-state index is 13.4. The Bertz CT molecular complexity index is 753. The van der Waals surface area contributed by atoms with Gasteiger partial charge in [0, 0.05) is 16.2 Å².